The van der Waals surface area contributed by atoms with Crippen molar-refractivity contribution in [2.75, 3.05) is 12.4 Å². The second kappa shape index (κ2) is 8.76. The molecule has 2 aromatic carbocycles. The fourth-order valence-corrected chi connectivity index (χ4v) is 5.39. The first kappa shape index (κ1) is 20.8. The number of ether oxygens (including phenoxy) is 1. The van der Waals surface area contributed by atoms with E-state index in [9.17, 15) is 20.4 Å². The van der Waals surface area contributed by atoms with Crippen LogP contribution in [0.15, 0.2) is 47.4 Å². The van der Waals surface area contributed by atoms with Crippen LogP contribution >= 0.6 is 11.8 Å². The van der Waals surface area contributed by atoms with E-state index in [1.807, 2.05) is 30.0 Å². The number of aliphatic hydroxyl groups is 4. The molecule has 6 heteroatoms. The van der Waals surface area contributed by atoms with Gasteiger partial charge in [-0.05, 0) is 47.1 Å². The van der Waals surface area contributed by atoms with Gasteiger partial charge in [-0.3, -0.25) is 0 Å². The van der Waals surface area contributed by atoms with E-state index in [0.29, 0.717) is 5.92 Å². The molecule has 2 aliphatic heterocycles. The van der Waals surface area contributed by atoms with E-state index in [4.69, 9.17) is 4.74 Å². The number of aliphatic hydroxyl groups excluding tert-OH is 4. The van der Waals surface area contributed by atoms with Crippen LogP contribution in [0.25, 0.3) is 0 Å². The molecule has 0 spiro atoms. The zero-order valence-electron chi connectivity index (χ0n) is 16.4. The van der Waals surface area contributed by atoms with Gasteiger partial charge in [0, 0.05) is 10.6 Å². The van der Waals surface area contributed by atoms with E-state index >= 15 is 0 Å². The normalized spacial score (nSPS) is 32.0. The van der Waals surface area contributed by atoms with Gasteiger partial charge in [0.15, 0.2) is 0 Å². The molecule has 0 bridgehead atoms. The number of hydrogen-bond donors (Lipinski definition) is 4. The molecule has 0 aliphatic carbocycles. The van der Waals surface area contributed by atoms with Crippen LogP contribution in [0, 0.1) is 0 Å². The molecule has 29 heavy (non-hydrogen) atoms. The summed E-state index contributed by atoms with van der Waals surface area (Å²) in [6.07, 6.45) is -3.70. The molecule has 6 atom stereocenters. The topological polar surface area (TPSA) is 90.2 Å². The Kier molecular flexibility index (Phi) is 6.30. The second-order valence-electron chi connectivity index (χ2n) is 7.92. The Morgan fingerprint density at radius 1 is 0.966 bits per heavy atom. The molecule has 4 N–H and O–H groups in total. The average Bonchev–Trinajstić information content (AvgIpc) is 2.77. The van der Waals surface area contributed by atoms with Gasteiger partial charge in [0.05, 0.1) is 6.61 Å². The van der Waals surface area contributed by atoms with Crippen molar-refractivity contribution in [3.05, 3.63) is 64.7 Å². The summed E-state index contributed by atoms with van der Waals surface area (Å²) in [4.78, 5) is 1.22. The summed E-state index contributed by atoms with van der Waals surface area (Å²) in [6.45, 7) is 1.74. The third kappa shape index (κ3) is 4.10. The molecular formula is C23H28O5S. The van der Waals surface area contributed by atoms with Crippen LogP contribution < -0.4 is 0 Å². The highest BCUT2D eigenvalue weighted by atomic mass is 32.2. The van der Waals surface area contributed by atoms with Crippen molar-refractivity contribution < 1.29 is 25.2 Å². The van der Waals surface area contributed by atoms with E-state index in [2.05, 4.69) is 31.2 Å². The van der Waals surface area contributed by atoms with Crippen molar-refractivity contribution >= 4 is 11.8 Å². The van der Waals surface area contributed by atoms with Gasteiger partial charge in [-0.15, -0.1) is 11.8 Å². The van der Waals surface area contributed by atoms with Gasteiger partial charge >= 0.3 is 0 Å². The summed E-state index contributed by atoms with van der Waals surface area (Å²) < 4.78 is 5.73. The first-order chi connectivity index (χ1) is 14.0. The SMILES string of the molecule is CCc1ccc([C@@H]2CSc3ccc(C4OC(CO)C(O)C(O)C4O)cc3C2)cc1. The predicted molar refractivity (Wildman–Crippen MR) is 112 cm³/mol. The Hall–Kier alpha value is -1.41. The summed E-state index contributed by atoms with van der Waals surface area (Å²) >= 11 is 1.83. The van der Waals surface area contributed by atoms with Crippen molar-refractivity contribution in [2.24, 2.45) is 0 Å². The molecule has 4 rings (SSSR count). The molecule has 0 aromatic heterocycles. The van der Waals surface area contributed by atoms with Gasteiger partial charge in [-0.25, -0.2) is 0 Å². The number of hydrogen-bond acceptors (Lipinski definition) is 6. The zero-order valence-corrected chi connectivity index (χ0v) is 17.3. The lowest BCUT2D eigenvalue weighted by atomic mass is 9.88. The minimum absolute atomic E-state index is 0.419. The van der Waals surface area contributed by atoms with Crippen LogP contribution in [-0.2, 0) is 17.6 Å². The predicted octanol–water partition coefficient (Wildman–Crippen LogP) is 2.20. The lowest BCUT2D eigenvalue weighted by molar-refractivity contribution is -0.231. The number of aryl methyl sites for hydroxylation is 1. The highest BCUT2D eigenvalue weighted by Gasteiger charge is 2.44. The summed E-state index contributed by atoms with van der Waals surface area (Å²) in [6, 6.07) is 14.8. The van der Waals surface area contributed by atoms with Crippen molar-refractivity contribution in [3.63, 3.8) is 0 Å². The maximum absolute atomic E-state index is 10.4. The van der Waals surface area contributed by atoms with E-state index in [1.54, 1.807) is 0 Å². The molecule has 2 aliphatic rings. The van der Waals surface area contributed by atoms with E-state index in [1.165, 1.54) is 21.6 Å². The van der Waals surface area contributed by atoms with Gasteiger partial charge in [-0.1, -0.05) is 43.3 Å². The number of thioether (sulfide) groups is 1. The van der Waals surface area contributed by atoms with Gasteiger partial charge in [0.25, 0.3) is 0 Å². The first-order valence-electron chi connectivity index (χ1n) is 10.2. The van der Waals surface area contributed by atoms with Crippen LogP contribution in [0.1, 0.15) is 41.2 Å². The Bertz CT molecular complexity index is 838. The molecule has 0 amide bonds. The maximum atomic E-state index is 10.4. The zero-order chi connectivity index (χ0) is 20.5. The van der Waals surface area contributed by atoms with Crippen LogP contribution in [-0.4, -0.2) is 57.2 Å². The maximum Gasteiger partial charge on any atom is 0.113 e. The molecule has 0 saturated carbocycles. The number of rotatable bonds is 4. The lowest BCUT2D eigenvalue weighted by Gasteiger charge is -2.40. The monoisotopic (exact) mass is 416 g/mol. The van der Waals surface area contributed by atoms with E-state index in [-0.39, 0.29) is 0 Å². The summed E-state index contributed by atoms with van der Waals surface area (Å²) in [5.74, 6) is 1.45. The Labute approximate surface area is 175 Å². The number of fused-ring (bicyclic) bond motifs is 1. The number of benzene rings is 2. The smallest absolute Gasteiger partial charge is 0.113 e. The molecule has 1 saturated heterocycles. The van der Waals surface area contributed by atoms with Gasteiger partial charge in [0.1, 0.15) is 30.5 Å². The highest BCUT2D eigenvalue weighted by molar-refractivity contribution is 7.99. The van der Waals surface area contributed by atoms with E-state index in [0.717, 1.165) is 24.2 Å². The van der Waals surface area contributed by atoms with E-state index < -0.39 is 37.1 Å². The van der Waals surface area contributed by atoms with Crippen LogP contribution in [0.3, 0.4) is 0 Å². The van der Waals surface area contributed by atoms with Crippen molar-refractivity contribution in [1.29, 1.82) is 0 Å². The minimum Gasteiger partial charge on any atom is -0.394 e. The van der Waals surface area contributed by atoms with Crippen LogP contribution in [0.2, 0.25) is 0 Å². The fourth-order valence-electron chi connectivity index (χ4n) is 4.21. The standard InChI is InChI=1S/C23H28O5S/c1-2-13-3-5-14(6-4-13)17-10-16-9-15(7-8-19(16)29-12-17)23-22(27)21(26)20(25)18(11-24)28-23/h3-9,17-18,20-27H,2,10-12H2,1H3/t17-,18?,20?,21?,22?,23?/m0/s1. The van der Waals surface area contributed by atoms with Gasteiger partial charge in [-0.2, -0.15) is 0 Å². The largest absolute Gasteiger partial charge is 0.394 e. The summed E-state index contributed by atoms with van der Waals surface area (Å²) in [5.41, 5.74) is 4.62. The molecule has 1 fully saturated rings. The van der Waals surface area contributed by atoms with Gasteiger partial charge in [0.2, 0.25) is 0 Å². The minimum atomic E-state index is -1.36. The molecule has 156 valence electrons. The average molecular weight is 417 g/mol. The van der Waals surface area contributed by atoms with Crippen molar-refractivity contribution in [1.82, 2.24) is 0 Å². The third-order valence-electron chi connectivity index (χ3n) is 6.07. The Balaban J connectivity index is 1.57. The first-order valence-corrected chi connectivity index (χ1v) is 11.1. The Morgan fingerprint density at radius 3 is 2.38 bits per heavy atom. The second-order valence-corrected chi connectivity index (χ2v) is 8.99. The molecule has 2 heterocycles. The fraction of sp³-hybridized carbons (Fsp3) is 0.478. The van der Waals surface area contributed by atoms with Crippen molar-refractivity contribution in [3.8, 4) is 0 Å². The van der Waals surface area contributed by atoms with Gasteiger partial charge < -0.3 is 25.2 Å². The van der Waals surface area contributed by atoms with Crippen LogP contribution in [0.5, 0.6) is 0 Å². The molecule has 5 unspecified atom stereocenters. The van der Waals surface area contributed by atoms with Crippen LogP contribution in [0.4, 0.5) is 0 Å². The lowest BCUT2D eigenvalue weighted by Crippen LogP contribution is -2.55. The van der Waals surface area contributed by atoms with Crippen molar-refractivity contribution in [2.45, 2.75) is 61.1 Å². The quantitative estimate of drug-likeness (QED) is 0.611. The highest BCUT2D eigenvalue weighted by Crippen LogP contribution is 2.40. The Morgan fingerprint density at radius 2 is 1.69 bits per heavy atom. The summed E-state index contributed by atoms with van der Waals surface area (Å²) in [7, 11) is 0. The summed E-state index contributed by atoms with van der Waals surface area (Å²) in [5, 5.41) is 40.0. The molecule has 2 aromatic rings. The molecule has 5 nitrogen and oxygen atoms in total. The molecular weight excluding hydrogens is 388 g/mol. The molecule has 0 radical (unpaired) electrons. The third-order valence-corrected chi connectivity index (χ3v) is 7.35.